The zero-order chi connectivity index (χ0) is 18.8. The van der Waals surface area contributed by atoms with Crippen LogP contribution in [0.15, 0.2) is 24.3 Å². The highest BCUT2D eigenvalue weighted by molar-refractivity contribution is 5.74. The molecule has 27 heavy (non-hydrogen) atoms. The Kier molecular flexibility index (Phi) is 4.20. The zero-order valence-electron chi connectivity index (χ0n) is 15.9. The Hall–Kier alpha value is -1.27. The Balaban J connectivity index is 1.30. The monoisotopic (exact) mass is 370 g/mol. The zero-order valence-corrected chi connectivity index (χ0v) is 15.9. The van der Waals surface area contributed by atoms with Crippen LogP contribution in [0.5, 0.6) is 0 Å². The predicted octanol–water partition coefficient (Wildman–Crippen LogP) is 1.89. The molecule has 3 N–H and O–H groups in total. The number of carbonyl (C=O) groups excluding carboxylic acids is 1. The van der Waals surface area contributed by atoms with Crippen molar-refractivity contribution in [2.45, 2.75) is 74.9 Å². The van der Waals surface area contributed by atoms with Gasteiger partial charge in [0.05, 0.1) is 6.10 Å². The van der Waals surface area contributed by atoms with Gasteiger partial charge in [-0.3, -0.25) is 9.69 Å². The van der Waals surface area contributed by atoms with E-state index in [2.05, 4.69) is 17.1 Å². The van der Waals surface area contributed by atoms with Crippen molar-refractivity contribution in [1.29, 1.82) is 0 Å². The first-order valence-corrected chi connectivity index (χ1v) is 10.5. The van der Waals surface area contributed by atoms with E-state index in [9.17, 15) is 15.0 Å². The normalized spacial score (nSPS) is 46.6. The van der Waals surface area contributed by atoms with Crippen molar-refractivity contribution in [3.8, 4) is 0 Å². The van der Waals surface area contributed by atoms with E-state index in [1.54, 1.807) is 0 Å². The molecule has 3 saturated heterocycles. The summed E-state index contributed by atoms with van der Waals surface area (Å²) in [5, 5.41) is 25.2. The number of nitrogens with one attached hydrogen (secondary N) is 1. The van der Waals surface area contributed by atoms with Crippen molar-refractivity contribution in [2.75, 3.05) is 6.54 Å². The minimum atomic E-state index is -0.649. The van der Waals surface area contributed by atoms with Crippen LogP contribution in [0.3, 0.4) is 0 Å². The highest BCUT2D eigenvalue weighted by Gasteiger charge is 2.67. The van der Waals surface area contributed by atoms with Gasteiger partial charge in [-0.05, 0) is 43.6 Å². The van der Waals surface area contributed by atoms with Crippen molar-refractivity contribution >= 4 is 6.29 Å². The predicted molar refractivity (Wildman–Crippen MR) is 102 cm³/mol. The minimum absolute atomic E-state index is 0.144. The Morgan fingerprint density at radius 1 is 1.19 bits per heavy atom. The molecule has 9 atom stereocenters. The lowest BCUT2D eigenvalue weighted by Gasteiger charge is -2.39. The standard InChI is InChI=1S/C22H30N2O3/c1-13(15-4-2-14(11-25)3-5-15)20-10-17(22(27)12-24(20)22)19-7-6-16-18(23-19)8-9-21(16)26/h2-5,11,13,16-21,23,26-27H,6-10,12H2,1H3/t13-,16-,17+,18-,19+,20-,21+,22+,24?/m1/s1. The summed E-state index contributed by atoms with van der Waals surface area (Å²) < 4.78 is 0. The number of aldehydes is 1. The summed E-state index contributed by atoms with van der Waals surface area (Å²) >= 11 is 0. The number of fused-ring (bicyclic) bond motifs is 2. The lowest BCUT2D eigenvalue weighted by molar-refractivity contribution is 0.0247. The molecule has 0 radical (unpaired) electrons. The second-order valence-corrected chi connectivity index (χ2v) is 9.25. The number of piperidine rings is 2. The SMILES string of the molecule is C[C@H](c1ccc(C=O)cc1)[C@H]1C[C@@H]([C@@H]2CC[C@H]3[C@@H](O)CC[C@H]3N2)[C@@]2(O)CN12. The van der Waals surface area contributed by atoms with Crippen LogP contribution in [0.4, 0.5) is 0 Å². The van der Waals surface area contributed by atoms with Gasteiger partial charge < -0.3 is 15.5 Å². The van der Waals surface area contributed by atoms with E-state index in [0.29, 0.717) is 35.5 Å². The molecular weight excluding hydrogens is 340 g/mol. The van der Waals surface area contributed by atoms with Crippen molar-refractivity contribution in [3.05, 3.63) is 35.4 Å². The van der Waals surface area contributed by atoms with Gasteiger partial charge in [0, 0.05) is 42.1 Å². The van der Waals surface area contributed by atoms with E-state index >= 15 is 0 Å². The average Bonchev–Trinajstić information content (AvgIpc) is 3.10. The molecule has 5 heteroatoms. The number of rotatable bonds is 4. The third-order valence-corrected chi connectivity index (χ3v) is 7.97. The summed E-state index contributed by atoms with van der Waals surface area (Å²) in [5.74, 6) is 0.992. The van der Waals surface area contributed by atoms with Gasteiger partial charge in [-0.25, -0.2) is 0 Å². The summed E-state index contributed by atoms with van der Waals surface area (Å²) in [4.78, 5) is 13.2. The van der Waals surface area contributed by atoms with Gasteiger partial charge in [-0.2, -0.15) is 0 Å². The molecule has 3 aliphatic heterocycles. The Bertz CT molecular complexity index is 723. The minimum Gasteiger partial charge on any atom is -0.393 e. The van der Waals surface area contributed by atoms with E-state index in [1.807, 2.05) is 24.3 Å². The van der Waals surface area contributed by atoms with Crippen LogP contribution in [0, 0.1) is 11.8 Å². The molecule has 4 aliphatic rings. The van der Waals surface area contributed by atoms with Crippen molar-refractivity contribution in [2.24, 2.45) is 11.8 Å². The van der Waals surface area contributed by atoms with Crippen LogP contribution in [0.1, 0.15) is 60.9 Å². The van der Waals surface area contributed by atoms with E-state index in [-0.39, 0.29) is 12.0 Å². The molecule has 146 valence electrons. The van der Waals surface area contributed by atoms with Crippen molar-refractivity contribution < 1.29 is 15.0 Å². The molecule has 5 rings (SSSR count). The number of hydrogen-bond acceptors (Lipinski definition) is 5. The summed E-state index contributed by atoms with van der Waals surface area (Å²) in [6.07, 6.45) is 5.83. The van der Waals surface area contributed by atoms with Crippen molar-refractivity contribution in [3.63, 3.8) is 0 Å². The summed E-state index contributed by atoms with van der Waals surface area (Å²) in [5.41, 5.74) is 1.29. The maximum absolute atomic E-state index is 11.2. The van der Waals surface area contributed by atoms with Crippen molar-refractivity contribution in [1.82, 2.24) is 10.2 Å². The molecule has 5 nitrogen and oxygen atoms in total. The Labute approximate surface area is 160 Å². The molecule has 1 saturated carbocycles. The van der Waals surface area contributed by atoms with Gasteiger partial charge in [0.15, 0.2) is 0 Å². The van der Waals surface area contributed by atoms with E-state index < -0.39 is 5.72 Å². The number of aliphatic hydroxyl groups excluding tert-OH is 1. The van der Waals surface area contributed by atoms with E-state index in [1.165, 1.54) is 5.56 Å². The smallest absolute Gasteiger partial charge is 0.150 e. The fraction of sp³-hybridized carbons (Fsp3) is 0.682. The molecule has 0 aromatic heterocycles. The topological polar surface area (TPSA) is 72.6 Å². The first kappa shape index (κ1) is 17.8. The molecule has 1 aromatic carbocycles. The van der Waals surface area contributed by atoms with E-state index in [0.717, 1.165) is 44.9 Å². The second-order valence-electron chi connectivity index (χ2n) is 9.25. The molecule has 0 amide bonds. The number of carbonyl (C=O) groups is 1. The van der Waals surface area contributed by atoms with Gasteiger partial charge >= 0.3 is 0 Å². The first-order valence-electron chi connectivity index (χ1n) is 10.5. The largest absolute Gasteiger partial charge is 0.393 e. The van der Waals surface area contributed by atoms with Gasteiger partial charge in [0.2, 0.25) is 0 Å². The summed E-state index contributed by atoms with van der Waals surface area (Å²) in [6.45, 7) is 3.01. The number of nitrogens with zero attached hydrogens (tertiary/aromatic N) is 1. The molecular formula is C22H30N2O3. The quantitative estimate of drug-likeness (QED) is 0.558. The molecule has 1 aliphatic carbocycles. The fourth-order valence-electron chi connectivity index (χ4n) is 6.28. The fourth-order valence-corrected chi connectivity index (χ4v) is 6.28. The molecule has 0 spiro atoms. The first-order chi connectivity index (χ1) is 13.0. The molecule has 4 fully saturated rings. The second kappa shape index (κ2) is 6.38. The molecule has 1 unspecified atom stereocenters. The van der Waals surface area contributed by atoms with Crippen LogP contribution >= 0.6 is 0 Å². The molecule has 1 aromatic rings. The van der Waals surface area contributed by atoms with E-state index in [4.69, 9.17) is 0 Å². The third-order valence-electron chi connectivity index (χ3n) is 7.97. The van der Waals surface area contributed by atoms with Crippen LogP contribution in [-0.2, 0) is 0 Å². The van der Waals surface area contributed by atoms with Gasteiger partial charge in [-0.15, -0.1) is 0 Å². The number of benzene rings is 1. The maximum atomic E-state index is 11.2. The number of aliphatic hydroxyl groups is 2. The molecule has 3 heterocycles. The Morgan fingerprint density at radius 3 is 2.67 bits per heavy atom. The maximum Gasteiger partial charge on any atom is 0.150 e. The summed E-state index contributed by atoms with van der Waals surface area (Å²) in [7, 11) is 0. The van der Waals surface area contributed by atoms with Crippen LogP contribution < -0.4 is 5.32 Å². The Morgan fingerprint density at radius 2 is 1.93 bits per heavy atom. The van der Waals surface area contributed by atoms with Crippen LogP contribution in [0.25, 0.3) is 0 Å². The third kappa shape index (κ3) is 2.79. The molecule has 0 bridgehead atoms. The summed E-state index contributed by atoms with van der Waals surface area (Å²) in [6, 6.07) is 8.97. The number of hydrogen-bond donors (Lipinski definition) is 3. The lowest BCUT2D eigenvalue weighted by Crippen LogP contribution is -2.52. The average molecular weight is 370 g/mol. The highest BCUT2D eigenvalue weighted by Crippen LogP contribution is 2.55. The highest BCUT2D eigenvalue weighted by atomic mass is 16.3. The lowest BCUT2D eigenvalue weighted by atomic mass is 9.78. The van der Waals surface area contributed by atoms with Gasteiger partial charge in [0.25, 0.3) is 0 Å². The van der Waals surface area contributed by atoms with Crippen LogP contribution in [0.2, 0.25) is 0 Å². The van der Waals surface area contributed by atoms with Crippen LogP contribution in [-0.4, -0.2) is 57.9 Å². The van der Waals surface area contributed by atoms with Gasteiger partial charge in [-0.1, -0.05) is 31.2 Å². The van der Waals surface area contributed by atoms with Gasteiger partial charge in [0.1, 0.15) is 12.0 Å².